The molecule has 2 rings (SSSR count). The zero-order valence-corrected chi connectivity index (χ0v) is 17.9. The summed E-state index contributed by atoms with van der Waals surface area (Å²) in [5, 5.41) is 3.54. The number of benzene rings is 2. The lowest BCUT2D eigenvalue weighted by Crippen LogP contribution is -2.48. The molecule has 2 aromatic carbocycles. The van der Waals surface area contributed by atoms with Crippen molar-refractivity contribution >= 4 is 35.2 Å². The second-order valence-electron chi connectivity index (χ2n) is 6.57. The van der Waals surface area contributed by atoms with Crippen molar-refractivity contribution in [2.24, 2.45) is 0 Å². The predicted molar refractivity (Wildman–Crippen MR) is 117 cm³/mol. The van der Waals surface area contributed by atoms with Gasteiger partial charge < -0.3 is 10.2 Å². The number of nitrogens with zero attached hydrogens (tertiary/aromatic N) is 1. The van der Waals surface area contributed by atoms with Crippen molar-refractivity contribution in [1.82, 2.24) is 10.2 Å². The lowest BCUT2D eigenvalue weighted by Gasteiger charge is -2.29. The fourth-order valence-corrected chi connectivity index (χ4v) is 3.71. The average Bonchev–Trinajstić information content (AvgIpc) is 2.70. The Morgan fingerprint density at radius 3 is 2.57 bits per heavy atom. The standard InChI is InChI=1S/C22H27ClN2O2S/c1-3-4-13-24-22(27)17(2)25(15-18-9-8-10-19(23)14-18)21(26)16-28-20-11-6-5-7-12-20/h5-12,14,17H,3-4,13,15-16H2,1-2H3,(H,24,27). The first-order valence-corrected chi connectivity index (χ1v) is 10.9. The molecule has 0 aliphatic heterocycles. The van der Waals surface area contributed by atoms with Crippen LogP contribution in [0.2, 0.25) is 5.02 Å². The summed E-state index contributed by atoms with van der Waals surface area (Å²) in [6, 6.07) is 16.6. The molecule has 1 atom stereocenters. The summed E-state index contributed by atoms with van der Waals surface area (Å²) in [5.74, 6) is 0.0671. The summed E-state index contributed by atoms with van der Waals surface area (Å²) in [6.45, 7) is 4.82. The third-order valence-corrected chi connectivity index (χ3v) is 5.58. The monoisotopic (exact) mass is 418 g/mol. The zero-order valence-electron chi connectivity index (χ0n) is 16.4. The molecule has 0 spiro atoms. The highest BCUT2D eigenvalue weighted by atomic mass is 35.5. The number of nitrogens with one attached hydrogen (secondary N) is 1. The minimum atomic E-state index is -0.556. The van der Waals surface area contributed by atoms with Gasteiger partial charge in [-0.25, -0.2) is 0 Å². The van der Waals surface area contributed by atoms with Gasteiger partial charge in [0.05, 0.1) is 5.75 Å². The van der Waals surface area contributed by atoms with Gasteiger partial charge in [-0.2, -0.15) is 0 Å². The predicted octanol–water partition coefficient (Wildman–Crippen LogP) is 4.77. The molecule has 0 saturated heterocycles. The van der Waals surface area contributed by atoms with Crippen LogP contribution in [-0.4, -0.2) is 35.1 Å². The average molecular weight is 419 g/mol. The fraction of sp³-hybridized carbons (Fsp3) is 0.364. The molecular weight excluding hydrogens is 392 g/mol. The largest absolute Gasteiger partial charge is 0.354 e. The molecule has 28 heavy (non-hydrogen) atoms. The Balaban J connectivity index is 2.09. The van der Waals surface area contributed by atoms with E-state index in [1.165, 1.54) is 11.8 Å². The van der Waals surface area contributed by atoms with Crippen LogP contribution in [0.3, 0.4) is 0 Å². The fourth-order valence-electron chi connectivity index (χ4n) is 2.70. The van der Waals surface area contributed by atoms with E-state index in [2.05, 4.69) is 12.2 Å². The molecular formula is C22H27ClN2O2S. The molecule has 0 aliphatic carbocycles. The van der Waals surface area contributed by atoms with Gasteiger partial charge in [0.15, 0.2) is 0 Å². The highest BCUT2D eigenvalue weighted by Crippen LogP contribution is 2.20. The van der Waals surface area contributed by atoms with E-state index in [1.807, 2.05) is 48.5 Å². The topological polar surface area (TPSA) is 49.4 Å². The number of amides is 2. The Morgan fingerprint density at radius 2 is 1.89 bits per heavy atom. The van der Waals surface area contributed by atoms with Gasteiger partial charge in [0.2, 0.25) is 11.8 Å². The number of hydrogen-bond acceptors (Lipinski definition) is 3. The highest BCUT2D eigenvalue weighted by Gasteiger charge is 2.26. The molecule has 1 N–H and O–H groups in total. The van der Waals surface area contributed by atoms with Crippen LogP contribution in [0.4, 0.5) is 0 Å². The molecule has 4 nitrogen and oxygen atoms in total. The molecule has 0 aliphatic rings. The van der Waals surface area contributed by atoms with Crippen molar-refractivity contribution in [3.05, 3.63) is 65.2 Å². The van der Waals surface area contributed by atoms with Crippen LogP contribution in [-0.2, 0) is 16.1 Å². The summed E-state index contributed by atoms with van der Waals surface area (Å²) in [6.07, 6.45) is 1.93. The van der Waals surface area contributed by atoms with E-state index in [0.717, 1.165) is 23.3 Å². The molecule has 2 amide bonds. The van der Waals surface area contributed by atoms with Crippen LogP contribution in [0.25, 0.3) is 0 Å². The van der Waals surface area contributed by atoms with Gasteiger partial charge in [0.1, 0.15) is 6.04 Å². The van der Waals surface area contributed by atoms with Crippen molar-refractivity contribution < 1.29 is 9.59 Å². The van der Waals surface area contributed by atoms with Gasteiger partial charge in [-0.3, -0.25) is 9.59 Å². The van der Waals surface area contributed by atoms with Crippen molar-refractivity contribution in [2.75, 3.05) is 12.3 Å². The van der Waals surface area contributed by atoms with Crippen LogP contribution in [0.1, 0.15) is 32.3 Å². The van der Waals surface area contributed by atoms with E-state index in [-0.39, 0.29) is 17.6 Å². The summed E-state index contributed by atoms with van der Waals surface area (Å²) in [4.78, 5) is 28.2. The molecule has 1 unspecified atom stereocenters. The number of thioether (sulfide) groups is 1. The van der Waals surface area contributed by atoms with Crippen molar-refractivity contribution in [2.45, 2.75) is 44.2 Å². The lowest BCUT2D eigenvalue weighted by molar-refractivity contribution is -0.138. The van der Waals surface area contributed by atoms with E-state index >= 15 is 0 Å². The van der Waals surface area contributed by atoms with Crippen LogP contribution in [0.5, 0.6) is 0 Å². The Morgan fingerprint density at radius 1 is 1.14 bits per heavy atom. The van der Waals surface area contributed by atoms with E-state index in [1.54, 1.807) is 17.9 Å². The van der Waals surface area contributed by atoms with Crippen molar-refractivity contribution in [3.8, 4) is 0 Å². The van der Waals surface area contributed by atoms with Crippen molar-refractivity contribution in [3.63, 3.8) is 0 Å². The summed E-state index contributed by atoms with van der Waals surface area (Å²) >= 11 is 7.56. The van der Waals surface area contributed by atoms with E-state index in [9.17, 15) is 9.59 Å². The number of unbranched alkanes of at least 4 members (excludes halogenated alkanes) is 1. The van der Waals surface area contributed by atoms with Gasteiger partial charge in [-0.1, -0.05) is 55.3 Å². The maximum atomic E-state index is 13.0. The Bertz CT molecular complexity index is 770. The van der Waals surface area contributed by atoms with Crippen molar-refractivity contribution in [1.29, 1.82) is 0 Å². The van der Waals surface area contributed by atoms with E-state index < -0.39 is 6.04 Å². The van der Waals surface area contributed by atoms with Gasteiger partial charge in [0, 0.05) is 23.0 Å². The van der Waals surface area contributed by atoms with Crippen LogP contribution in [0.15, 0.2) is 59.5 Å². The Labute approximate surface area is 176 Å². The molecule has 0 heterocycles. The number of halogens is 1. The molecule has 0 fully saturated rings. The first kappa shape index (κ1) is 22.3. The Hall–Kier alpha value is -1.98. The molecule has 150 valence electrons. The minimum Gasteiger partial charge on any atom is -0.354 e. The SMILES string of the molecule is CCCCNC(=O)C(C)N(Cc1cccc(Cl)c1)C(=O)CSc1ccccc1. The smallest absolute Gasteiger partial charge is 0.242 e. The minimum absolute atomic E-state index is 0.0769. The number of carbonyl (C=O) groups is 2. The molecule has 0 radical (unpaired) electrons. The third-order valence-electron chi connectivity index (χ3n) is 4.34. The van der Waals surface area contributed by atoms with E-state index in [4.69, 9.17) is 11.6 Å². The molecule has 2 aromatic rings. The molecule has 0 bridgehead atoms. The molecule has 6 heteroatoms. The summed E-state index contributed by atoms with van der Waals surface area (Å²) in [7, 11) is 0. The zero-order chi connectivity index (χ0) is 20.4. The lowest BCUT2D eigenvalue weighted by atomic mass is 10.1. The quantitative estimate of drug-likeness (QED) is 0.446. The van der Waals surface area contributed by atoms with E-state index in [0.29, 0.717) is 18.1 Å². The first-order valence-electron chi connectivity index (χ1n) is 9.50. The van der Waals surface area contributed by atoms with Gasteiger partial charge in [-0.15, -0.1) is 11.8 Å². The first-order chi connectivity index (χ1) is 13.5. The number of carbonyl (C=O) groups excluding carboxylic acids is 2. The third kappa shape index (κ3) is 7.21. The Kier molecular flexibility index (Phi) is 9.38. The normalized spacial score (nSPS) is 11.7. The van der Waals surface area contributed by atoms with Gasteiger partial charge in [-0.05, 0) is 43.2 Å². The van der Waals surface area contributed by atoms with Gasteiger partial charge >= 0.3 is 0 Å². The summed E-state index contributed by atoms with van der Waals surface area (Å²) in [5.41, 5.74) is 0.902. The number of hydrogen-bond donors (Lipinski definition) is 1. The summed E-state index contributed by atoms with van der Waals surface area (Å²) < 4.78 is 0. The molecule has 0 saturated carbocycles. The van der Waals surface area contributed by atoms with Crippen LogP contribution < -0.4 is 5.32 Å². The van der Waals surface area contributed by atoms with Crippen LogP contribution >= 0.6 is 23.4 Å². The maximum Gasteiger partial charge on any atom is 0.242 e. The highest BCUT2D eigenvalue weighted by molar-refractivity contribution is 8.00. The second kappa shape index (κ2) is 11.8. The van der Waals surface area contributed by atoms with Crippen LogP contribution in [0, 0.1) is 0 Å². The maximum absolute atomic E-state index is 13.0. The molecule has 0 aromatic heterocycles. The number of rotatable bonds is 10. The second-order valence-corrected chi connectivity index (χ2v) is 8.06. The van der Waals surface area contributed by atoms with Gasteiger partial charge in [0.25, 0.3) is 0 Å².